The lowest BCUT2D eigenvalue weighted by Gasteiger charge is -2.19. The molecule has 1 aromatic carbocycles. The average molecular weight is 329 g/mol. The number of aliphatic imine (C=N–C) groups is 2. The molecule has 0 spiro atoms. The first-order valence-corrected chi connectivity index (χ1v) is 7.89. The van der Waals surface area contributed by atoms with E-state index < -0.39 is 4.92 Å². The maximum Gasteiger partial charge on any atom is 0.293 e. The van der Waals surface area contributed by atoms with Crippen LogP contribution in [-0.2, 0) is 4.79 Å². The van der Waals surface area contributed by atoms with E-state index in [-0.39, 0.29) is 35.9 Å². The molecule has 0 amide bonds. The van der Waals surface area contributed by atoms with E-state index in [1.807, 2.05) is 6.92 Å². The molecule has 126 valence electrons. The van der Waals surface area contributed by atoms with Gasteiger partial charge in [0.15, 0.2) is 11.7 Å². The summed E-state index contributed by atoms with van der Waals surface area (Å²) in [6.45, 7) is 2.03. The minimum absolute atomic E-state index is 0.0499. The van der Waals surface area contributed by atoms with Gasteiger partial charge in [-0.15, -0.1) is 0 Å². The summed E-state index contributed by atoms with van der Waals surface area (Å²) < 4.78 is 0. The van der Waals surface area contributed by atoms with Gasteiger partial charge in [0.1, 0.15) is 5.69 Å². The predicted molar refractivity (Wildman–Crippen MR) is 91.6 cm³/mol. The van der Waals surface area contributed by atoms with E-state index in [0.717, 1.165) is 18.6 Å². The molecule has 2 aliphatic rings. The first-order valence-electron chi connectivity index (χ1n) is 7.89. The topological polar surface area (TPSA) is 123 Å². The highest BCUT2D eigenvalue weighted by Crippen LogP contribution is 2.29. The molecule has 1 saturated carbocycles. The average Bonchev–Trinajstić information content (AvgIpc) is 3.31. The number of hydrogen-bond acceptors (Lipinski definition) is 5. The van der Waals surface area contributed by atoms with Gasteiger partial charge in [-0.05, 0) is 18.9 Å². The van der Waals surface area contributed by atoms with Crippen LogP contribution < -0.4 is 11.1 Å². The molecule has 3 N–H and O–H groups in total. The van der Waals surface area contributed by atoms with Crippen molar-refractivity contribution in [3.8, 4) is 0 Å². The summed E-state index contributed by atoms with van der Waals surface area (Å²) in [6, 6.07) is 5.06. The number of nitro groups is 1. The third kappa shape index (κ3) is 3.58. The van der Waals surface area contributed by atoms with Crippen LogP contribution in [0, 0.1) is 16.0 Å². The van der Waals surface area contributed by atoms with Gasteiger partial charge in [-0.1, -0.05) is 13.0 Å². The second-order valence-electron chi connectivity index (χ2n) is 6.20. The molecule has 1 atom stereocenters. The van der Waals surface area contributed by atoms with Gasteiger partial charge in [0, 0.05) is 29.7 Å². The Morgan fingerprint density at radius 2 is 2.21 bits per heavy atom. The SMILES string of the molecule is CC1CC(=O)CN=C1c1ccc(NC(N)=NC2CC2)c([N+](=O)[O-])c1. The lowest BCUT2D eigenvalue weighted by atomic mass is 9.91. The number of guanidine groups is 1. The van der Waals surface area contributed by atoms with Crippen molar-refractivity contribution in [3.05, 3.63) is 33.9 Å². The fraction of sp³-hybridized carbons (Fsp3) is 0.438. The largest absolute Gasteiger partial charge is 0.370 e. The van der Waals surface area contributed by atoms with Crippen LogP contribution in [0.15, 0.2) is 28.2 Å². The molecule has 1 aliphatic heterocycles. The predicted octanol–water partition coefficient (Wildman–Crippen LogP) is 1.88. The van der Waals surface area contributed by atoms with Crippen molar-refractivity contribution in [2.45, 2.75) is 32.2 Å². The quantitative estimate of drug-likeness (QED) is 0.378. The summed E-state index contributed by atoms with van der Waals surface area (Å²) in [6.07, 6.45) is 2.41. The molecule has 1 heterocycles. The van der Waals surface area contributed by atoms with Gasteiger partial charge >= 0.3 is 0 Å². The number of anilines is 1. The van der Waals surface area contributed by atoms with Gasteiger partial charge < -0.3 is 11.1 Å². The molecule has 1 aliphatic carbocycles. The number of carbonyl (C=O) groups is 1. The maximum absolute atomic E-state index is 11.4. The van der Waals surface area contributed by atoms with E-state index in [0.29, 0.717) is 17.7 Å². The van der Waals surface area contributed by atoms with Gasteiger partial charge in [-0.2, -0.15) is 0 Å². The highest BCUT2D eigenvalue weighted by molar-refractivity contribution is 6.08. The van der Waals surface area contributed by atoms with Crippen LogP contribution in [0.25, 0.3) is 0 Å². The molecule has 0 bridgehead atoms. The molecule has 8 heteroatoms. The third-order valence-corrected chi connectivity index (χ3v) is 4.05. The van der Waals surface area contributed by atoms with Crippen molar-refractivity contribution in [1.82, 2.24) is 0 Å². The van der Waals surface area contributed by atoms with Gasteiger partial charge in [-0.25, -0.2) is 4.99 Å². The fourth-order valence-electron chi connectivity index (χ4n) is 2.73. The van der Waals surface area contributed by atoms with Crippen LogP contribution in [-0.4, -0.2) is 35.0 Å². The molecule has 0 radical (unpaired) electrons. The summed E-state index contributed by atoms with van der Waals surface area (Å²) in [4.78, 5) is 30.9. The number of nitrogens with zero attached hydrogens (tertiary/aromatic N) is 3. The van der Waals surface area contributed by atoms with Crippen LogP contribution in [0.2, 0.25) is 0 Å². The summed E-state index contributed by atoms with van der Waals surface area (Å²) in [5.74, 6) is 0.219. The monoisotopic (exact) mass is 329 g/mol. The standard InChI is InChI=1S/C16H19N5O3/c1-9-6-12(22)8-18-15(9)10-2-5-13(14(7-10)21(23)24)20-16(17)19-11-3-4-11/h2,5,7,9,11H,3-4,6,8H2,1H3,(H3,17,19,20). The molecular weight excluding hydrogens is 310 g/mol. The zero-order chi connectivity index (χ0) is 17.3. The van der Waals surface area contributed by atoms with Gasteiger partial charge in [0.2, 0.25) is 0 Å². The van der Waals surface area contributed by atoms with Crippen LogP contribution in [0.1, 0.15) is 31.7 Å². The second-order valence-corrected chi connectivity index (χ2v) is 6.20. The Morgan fingerprint density at radius 3 is 2.83 bits per heavy atom. The van der Waals surface area contributed by atoms with Crippen LogP contribution in [0.5, 0.6) is 0 Å². The van der Waals surface area contributed by atoms with Gasteiger partial charge in [-0.3, -0.25) is 19.9 Å². The molecule has 3 rings (SSSR count). The molecule has 8 nitrogen and oxygen atoms in total. The molecule has 1 unspecified atom stereocenters. The molecular formula is C16H19N5O3. The molecule has 1 aromatic rings. The van der Waals surface area contributed by atoms with Gasteiger partial charge in [0.05, 0.1) is 17.5 Å². The minimum atomic E-state index is -0.463. The summed E-state index contributed by atoms with van der Waals surface area (Å²) in [5.41, 5.74) is 7.38. The van der Waals surface area contributed by atoms with E-state index in [1.165, 1.54) is 6.07 Å². The first kappa shape index (κ1) is 16.1. The molecule has 24 heavy (non-hydrogen) atoms. The number of benzene rings is 1. The van der Waals surface area contributed by atoms with Crippen molar-refractivity contribution >= 4 is 28.8 Å². The first-order chi connectivity index (χ1) is 11.4. The van der Waals surface area contributed by atoms with Crippen molar-refractivity contribution in [2.75, 3.05) is 11.9 Å². The minimum Gasteiger partial charge on any atom is -0.370 e. The number of hydrogen-bond donors (Lipinski definition) is 2. The number of Topliss-reactive ketones (excluding diaryl/α,β-unsaturated/α-hetero) is 1. The van der Waals surface area contributed by atoms with Crippen molar-refractivity contribution in [3.63, 3.8) is 0 Å². The normalized spacial score (nSPS) is 21.4. The highest BCUT2D eigenvalue weighted by Gasteiger charge is 2.25. The van der Waals surface area contributed by atoms with Crippen LogP contribution >= 0.6 is 0 Å². The molecule has 0 aromatic heterocycles. The van der Waals surface area contributed by atoms with Crippen LogP contribution in [0.3, 0.4) is 0 Å². The second kappa shape index (κ2) is 6.38. The number of ketones is 1. The lowest BCUT2D eigenvalue weighted by Crippen LogP contribution is -2.25. The smallest absolute Gasteiger partial charge is 0.293 e. The number of nitrogens with one attached hydrogen (secondary N) is 1. The van der Waals surface area contributed by atoms with Crippen LogP contribution in [0.4, 0.5) is 11.4 Å². The molecule has 1 fully saturated rings. The third-order valence-electron chi connectivity index (χ3n) is 4.05. The zero-order valence-corrected chi connectivity index (χ0v) is 13.4. The van der Waals surface area contributed by atoms with E-state index in [9.17, 15) is 14.9 Å². The number of nitrogens with two attached hydrogens (primary N) is 1. The Morgan fingerprint density at radius 1 is 1.46 bits per heavy atom. The summed E-state index contributed by atoms with van der Waals surface area (Å²) >= 11 is 0. The maximum atomic E-state index is 11.4. The fourth-order valence-corrected chi connectivity index (χ4v) is 2.73. The summed E-state index contributed by atoms with van der Waals surface area (Å²) in [7, 11) is 0. The lowest BCUT2D eigenvalue weighted by molar-refractivity contribution is -0.383. The number of nitro benzene ring substituents is 1. The highest BCUT2D eigenvalue weighted by atomic mass is 16.6. The molecule has 0 saturated heterocycles. The van der Waals surface area contributed by atoms with E-state index in [1.54, 1.807) is 12.1 Å². The number of rotatable bonds is 4. The van der Waals surface area contributed by atoms with E-state index in [2.05, 4.69) is 15.3 Å². The Labute approximate surface area is 139 Å². The van der Waals surface area contributed by atoms with E-state index >= 15 is 0 Å². The van der Waals surface area contributed by atoms with E-state index in [4.69, 9.17) is 5.73 Å². The number of carbonyl (C=O) groups excluding carboxylic acids is 1. The Kier molecular flexibility index (Phi) is 4.28. The van der Waals surface area contributed by atoms with Gasteiger partial charge in [0.25, 0.3) is 5.69 Å². The Balaban J connectivity index is 1.89. The van der Waals surface area contributed by atoms with Crippen molar-refractivity contribution in [1.29, 1.82) is 0 Å². The van der Waals surface area contributed by atoms with Crippen molar-refractivity contribution in [2.24, 2.45) is 21.6 Å². The summed E-state index contributed by atoms with van der Waals surface area (Å²) in [5, 5.41) is 14.2. The Bertz CT molecular complexity index is 752. The Hall–Kier alpha value is -2.77. The zero-order valence-electron chi connectivity index (χ0n) is 13.4. The van der Waals surface area contributed by atoms with Crippen molar-refractivity contribution < 1.29 is 9.72 Å².